The maximum absolute atomic E-state index is 13.7. The van der Waals surface area contributed by atoms with Gasteiger partial charge in [0, 0.05) is 46.5 Å². The Morgan fingerprint density at radius 1 is 0.881 bits per heavy atom. The first-order valence-corrected chi connectivity index (χ1v) is 19.4. The third kappa shape index (κ3) is 8.87. The molecule has 4 aromatic heterocycles. The van der Waals surface area contributed by atoms with Gasteiger partial charge in [-0.05, 0) is 76.8 Å². The molecule has 4 N–H and O–H groups in total. The summed E-state index contributed by atoms with van der Waals surface area (Å²) in [6, 6.07) is 7.71. The molecule has 5 amide bonds. The van der Waals surface area contributed by atoms with Crippen LogP contribution in [0.1, 0.15) is 70.4 Å². The van der Waals surface area contributed by atoms with Gasteiger partial charge >= 0.3 is 6.09 Å². The number of nitrogens with zero attached hydrogens (tertiary/aromatic N) is 7. The number of amides is 5. The SMILES string of the molecule is CC(C)(C)OC(=O)N(c1cc(Cl)nc2c(/C=C3\CC(=O)NC3=O)cnn12)C1CC1.O=C1C/C(=C\c2cnn3c(NC4CC4)cc(Nc4cc(F)ccc4Cl)nc23)C(=O)N1. The summed E-state index contributed by atoms with van der Waals surface area (Å²) in [5.74, 6) is -0.399. The van der Waals surface area contributed by atoms with Crippen molar-refractivity contribution in [2.75, 3.05) is 15.5 Å². The van der Waals surface area contributed by atoms with Crippen molar-refractivity contribution < 1.29 is 33.1 Å². The van der Waals surface area contributed by atoms with Crippen LogP contribution in [-0.4, -0.2) is 76.6 Å². The maximum atomic E-state index is 13.7. The van der Waals surface area contributed by atoms with E-state index in [1.54, 1.807) is 60.7 Å². The first-order valence-electron chi connectivity index (χ1n) is 18.6. The molecule has 1 aromatic carbocycles. The van der Waals surface area contributed by atoms with Gasteiger partial charge in [-0.2, -0.15) is 19.2 Å². The molecule has 0 unspecified atom stereocenters. The smallest absolute Gasteiger partial charge is 0.416 e. The molecule has 0 atom stereocenters. The first kappa shape index (κ1) is 39.4. The summed E-state index contributed by atoms with van der Waals surface area (Å²) in [6.45, 7) is 5.41. The monoisotopic (exact) mass is 843 g/mol. The summed E-state index contributed by atoms with van der Waals surface area (Å²) < 4.78 is 22.4. The van der Waals surface area contributed by atoms with Gasteiger partial charge in [0.05, 0.1) is 35.9 Å². The molecule has 0 bridgehead atoms. The van der Waals surface area contributed by atoms with Crippen LogP contribution in [0.3, 0.4) is 0 Å². The highest BCUT2D eigenvalue weighted by Gasteiger charge is 2.38. The number of hydrogen-bond acceptors (Lipinski definition) is 12. The second-order valence-electron chi connectivity index (χ2n) is 15.3. The summed E-state index contributed by atoms with van der Waals surface area (Å²) in [7, 11) is 0. The van der Waals surface area contributed by atoms with E-state index >= 15 is 0 Å². The Balaban J connectivity index is 0.000000164. The number of carbonyl (C=O) groups excluding carboxylic acids is 5. The highest BCUT2D eigenvalue weighted by Crippen LogP contribution is 2.35. The van der Waals surface area contributed by atoms with E-state index in [-0.39, 0.29) is 35.9 Å². The van der Waals surface area contributed by atoms with Gasteiger partial charge in [0.2, 0.25) is 11.8 Å². The molecule has 2 aliphatic heterocycles. The van der Waals surface area contributed by atoms with Crippen molar-refractivity contribution in [3.8, 4) is 0 Å². The highest BCUT2D eigenvalue weighted by atomic mass is 35.5. The average Bonchev–Trinajstić information content (AvgIpc) is 4.02. The highest BCUT2D eigenvalue weighted by molar-refractivity contribution is 6.33. The minimum atomic E-state index is -0.651. The third-order valence-corrected chi connectivity index (χ3v) is 9.79. The van der Waals surface area contributed by atoms with Gasteiger partial charge in [0.1, 0.15) is 34.0 Å². The number of nitrogens with one attached hydrogen (secondary N) is 4. The van der Waals surface area contributed by atoms with Crippen molar-refractivity contribution in [3.63, 3.8) is 0 Å². The average molecular weight is 845 g/mol. The zero-order valence-corrected chi connectivity index (χ0v) is 33.3. The van der Waals surface area contributed by atoms with Crippen molar-refractivity contribution in [3.05, 3.63) is 81.0 Å². The van der Waals surface area contributed by atoms with Crippen LogP contribution >= 0.6 is 23.2 Å². The van der Waals surface area contributed by atoms with E-state index in [1.807, 2.05) is 0 Å². The largest absolute Gasteiger partial charge is 0.443 e. The van der Waals surface area contributed by atoms with Crippen LogP contribution in [0.5, 0.6) is 0 Å². The van der Waals surface area contributed by atoms with E-state index in [9.17, 15) is 28.4 Å². The zero-order chi connectivity index (χ0) is 41.7. The number of halogens is 3. The molecule has 4 fully saturated rings. The van der Waals surface area contributed by atoms with Crippen molar-refractivity contribution in [2.24, 2.45) is 0 Å². The van der Waals surface area contributed by atoms with Crippen LogP contribution in [0.15, 0.2) is 53.9 Å². The van der Waals surface area contributed by atoms with Gasteiger partial charge in [-0.3, -0.25) is 34.7 Å². The number of hydrogen-bond donors (Lipinski definition) is 4. The number of aromatic nitrogens is 6. The molecule has 2 saturated carbocycles. The Labute approximate surface area is 345 Å². The lowest BCUT2D eigenvalue weighted by Crippen LogP contribution is -2.39. The first-order chi connectivity index (χ1) is 28.1. The second kappa shape index (κ2) is 15.4. The Morgan fingerprint density at radius 3 is 2.05 bits per heavy atom. The lowest BCUT2D eigenvalue weighted by Gasteiger charge is -2.27. The van der Waals surface area contributed by atoms with E-state index < -0.39 is 29.3 Å². The molecule has 17 nitrogen and oxygen atoms in total. The number of benzene rings is 1. The van der Waals surface area contributed by atoms with Crippen molar-refractivity contribution >= 4 is 99.5 Å². The van der Waals surface area contributed by atoms with E-state index in [0.29, 0.717) is 67.8 Å². The van der Waals surface area contributed by atoms with Gasteiger partial charge in [-0.15, -0.1) is 0 Å². The number of imide groups is 2. The van der Waals surface area contributed by atoms with Crippen LogP contribution < -0.4 is 26.2 Å². The van der Waals surface area contributed by atoms with Gasteiger partial charge in [-0.25, -0.2) is 19.2 Å². The Morgan fingerprint density at radius 2 is 1.49 bits per heavy atom. The molecule has 4 aliphatic rings. The molecular weight excluding hydrogens is 808 g/mol. The fraction of sp³-hybridized carbons (Fsp3) is 0.308. The predicted molar refractivity (Wildman–Crippen MR) is 216 cm³/mol. The molecule has 0 radical (unpaired) electrons. The lowest BCUT2D eigenvalue weighted by atomic mass is 10.1. The van der Waals surface area contributed by atoms with Crippen LogP contribution in [0, 0.1) is 5.82 Å². The fourth-order valence-electron chi connectivity index (χ4n) is 6.32. The van der Waals surface area contributed by atoms with E-state index in [0.717, 1.165) is 25.7 Å². The Bertz CT molecular complexity index is 2660. The number of carbonyl (C=O) groups is 5. The summed E-state index contributed by atoms with van der Waals surface area (Å²) in [5.41, 5.74) is 2.36. The van der Waals surface area contributed by atoms with Crippen molar-refractivity contribution in [1.29, 1.82) is 0 Å². The van der Waals surface area contributed by atoms with Crippen LogP contribution in [-0.2, 0) is 23.9 Å². The Hall–Kier alpha value is -6.40. The van der Waals surface area contributed by atoms with E-state index in [2.05, 4.69) is 41.4 Å². The molecule has 304 valence electrons. The van der Waals surface area contributed by atoms with Gasteiger partial charge in [0.15, 0.2) is 11.3 Å². The minimum Gasteiger partial charge on any atom is -0.443 e. The van der Waals surface area contributed by atoms with Crippen LogP contribution in [0.4, 0.5) is 32.3 Å². The minimum absolute atomic E-state index is 0.00393. The number of rotatable bonds is 8. The third-order valence-electron chi connectivity index (χ3n) is 9.27. The normalized spacial score (nSPS) is 18.0. The molecule has 20 heteroatoms. The van der Waals surface area contributed by atoms with Gasteiger partial charge < -0.3 is 15.4 Å². The molecular formula is C39H36Cl2FN11O6. The van der Waals surface area contributed by atoms with Gasteiger partial charge in [-0.1, -0.05) is 23.2 Å². The quantitative estimate of drug-likeness (QED) is 0.0808. The fourth-order valence-corrected chi connectivity index (χ4v) is 6.66. The molecule has 2 aliphatic carbocycles. The molecule has 6 heterocycles. The lowest BCUT2D eigenvalue weighted by molar-refractivity contribution is -0.125. The van der Waals surface area contributed by atoms with Crippen molar-refractivity contribution in [1.82, 2.24) is 39.8 Å². The molecule has 59 heavy (non-hydrogen) atoms. The van der Waals surface area contributed by atoms with Gasteiger partial charge in [0.25, 0.3) is 11.8 Å². The molecule has 2 saturated heterocycles. The van der Waals surface area contributed by atoms with E-state index in [4.69, 9.17) is 27.9 Å². The standard InChI is InChI=1S/C20H16ClFN6O2.C19H20ClN5O4/c21-14-4-1-12(22)7-15(14)25-16-8-17(24-13-2-3-13)28-19(26-16)11(9-23-28)5-10-6-18(29)27-20(10)30;1-19(2,3)29-18(28)24(12-4-5-12)15-8-13(20)22-16-11(9-21-25(15)16)6-10-7-14(26)23-17(10)27/h1,4-5,7-9,13,24H,2-3,6H2,(H,25,26)(H,27,29,30);6,8-9,12H,4-5,7H2,1-3H3,(H,23,26,27)/b10-5+;10-6+. The van der Waals surface area contributed by atoms with E-state index in [1.165, 1.54) is 28.9 Å². The number of fused-ring (bicyclic) bond motifs is 2. The van der Waals surface area contributed by atoms with Crippen LogP contribution in [0.25, 0.3) is 23.4 Å². The maximum Gasteiger partial charge on any atom is 0.416 e. The Kier molecular flexibility index (Phi) is 10.3. The summed E-state index contributed by atoms with van der Waals surface area (Å²) in [6.07, 6.45) is 9.61. The number of ether oxygens (including phenoxy) is 1. The second-order valence-corrected chi connectivity index (χ2v) is 16.1. The predicted octanol–water partition coefficient (Wildman–Crippen LogP) is 5.99. The number of anilines is 4. The zero-order valence-electron chi connectivity index (χ0n) is 31.8. The summed E-state index contributed by atoms with van der Waals surface area (Å²) in [4.78, 5) is 70.0. The van der Waals surface area contributed by atoms with Crippen molar-refractivity contribution in [2.45, 2.75) is 77.0 Å². The summed E-state index contributed by atoms with van der Waals surface area (Å²) >= 11 is 12.4. The molecule has 0 spiro atoms. The topological polar surface area (TPSA) is 206 Å². The molecule has 5 aromatic rings. The van der Waals surface area contributed by atoms with Crippen LogP contribution in [0.2, 0.25) is 10.2 Å². The molecule has 9 rings (SSSR count). The summed E-state index contributed by atoms with van der Waals surface area (Å²) in [5, 5.41) is 20.2.